The van der Waals surface area contributed by atoms with E-state index in [1.807, 2.05) is 0 Å². The van der Waals surface area contributed by atoms with E-state index in [2.05, 4.69) is 25.0 Å². The van der Waals surface area contributed by atoms with Gasteiger partial charge in [-0.05, 0) is 65.2 Å². The topological polar surface area (TPSA) is 52.6 Å². The molecule has 2 saturated carbocycles. The zero-order valence-corrected chi connectivity index (χ0v) is 18.9. The van der Waals surface area contributed by atoms with Gasteiger partial charge in [0.2, 0.25) is 0 Å². The minimum atomic E-state index is -0.832. The molecule has 4 heteroatoms. The first-order valence-corrected chi connectivity index (χ1v) is 11.6. The van der Waals surface area contributed by atoms with Crippen LogP contribution in [-0.2, 0) is 19.1 Å². The Balaban J connectivity index is 2.39. The summed E-state index contributed by atoms with van der Waals surface area (Å²) in [6.45, 7) is 10.8. The predicted octanol–water partition coefficient (Wildman–Crippen LogP) is 6.19. The van der Waals surface area contributed by atoms with Gasteiger partial charge in [-0.2, -0.15) is 0 Å². The second kappa shape index (κ2) is 11.4. The maximum absolute atomic E-state index is 12.4. The fourth-order valence-electron chi connectivity index (χ4n) is 4.21. The molecule has 2 rings (SSSR count). The van der Waals surface area contributed by atoms with Gasteiger partial charge in [0.25, 0.3) is 0 Å². The minimum Gasteiger partial charge on any atom is -0.442 e. The van der Waals surface area contributed by atoms with Crippen LogP contribution < -0.4 is 0 Å². The van der Waals surface area contributed by atoms with Crippen molar-refractivity contribution in [1.29, 1.82) is 0 Å². The van der Waals surface area contributed by atoms with Gasteiger partial charge in [0.15, 0.2) is 11.2 Å². The quantitative estimate of drug-likeness (QED) is 0.312. The van der Waals surface area contributed by atoms with Gasteiger partial charge in [0.05, 0.1) is 0 Å². The molecule has 0 aromatic rings. The highest BCUT2D eigenvalue weighted by atomic mass is 16.6. The van der Waals surface area contributed by atoms with Crippen molar-refractivity contribution in [3.63, 3.8) is 0 Å². The lowest BCUT2D eigenvalue weighted by Gasteiger charge is -2.33. The molecular weight excluding hydrogens is 376 g/mol. The zero-order valence-electron chi connectivity index (χ0n) is 18.9. The van der Waals surface area contributed by atoms with Crippen molar-refractivity contribution < 1.29 is 19.1 Å². The largest absolute Gasteiger partial charge is 0.442 e. The van der Waals surface area contributed by atoms with Crippen molar-refractivity contribution in [2.24, 2.45) is 0 Å². The molecule has 0 atom stereocenters. The molecule has 0 bridgehead atoms. The summed E-state index contributed by atoms with van der Waals surface area (Å²) in [5, 5.41) is 0. The van der Waals surface area contributed by atoms with Crippen LogP contribution >= 0.6 is 0 Å². The van der Waals surface area contributed by atoms with Crippen molar-refractivity contribution >= 4 is 11.9 Å². The molecule has 2 aliphatic rings. The van der Waals surface area contributed by atoms with Crippen molar-refractivity contribution in [3.05, 3.63) is 24.3 Å². The van der Waals surface area contributed by atoms with Crippen molar-refractivity contribution in [2.75, 3.05) is 0 Å². The highest BCUT2D eigenvalue weighted by molar-refractivity contribution is 5.88. The summed E-state index contributed by atoms with van der Waals surface area (Å²) in [6, 6.07) is 0. The van der Waals surface area contributed by atoms with Gasteiger partial charge in [-0.1, -0.05) is 63.5 Å². The number of carbonyl (C=O) groups is 2. The Morgan fingerprint density at radius 1 is 0.600 bits per heavy atom. The van der Waals surface area contributed by atoms with Crippen LogP contribution in [0.3, 0.4) is 0 Å². The van der Waals surface area contributed by atoms with Crippen LogP contribution in [0.1, 0.15) is 104 Å². The molecule has 0 aromatic heterocycles. The summed E-state index contributed by atoms with van der Waals surface area (Å²) in [6.07, 6.45) is 13.6. The van der Waals surface area contributed by atoms with Crippen LogP contribution in [0.5, 0.6) is 0 Å². The van der Waals surface area contributed by atoms with Gasteiger partial charge in [0.1, 0.15) is 0 Å². The molecule has 166 valence electrons. The van der Waals surface area contributed by atoms with E-state index in [4.69, 9.17) is 9.47 Å². The third kappa shape index (κ3) is 7.35. The van der Waals surface area contributed by atoms with Crippen LogP contribution in [0.2, 0.25) is 0 Å². The minimum absolute atomic E-state index is 0.382. The Hall–Kier alpha value is -2.02. The van der Waals surface area contributed by atoms with Gasteiger partial charge in [0, 0.05) is 11.1 Å². The van der Waals surface area contributed by atoms with Gasteiger partial charge >= 0.3 is 11.9 Å². The summed E-state index contributed by atoms with van der Waals surface area (Å²) >= 11 is 0. The van der Waals surface area contributed by atoms with E-state index < -0.39 is 23.1 Å². The third-order valence-corrected chi connectivity index (χ3v) is 6.11. The van der Waals surface area contributed by atoms with Crippen molar-refractivity contribution in [3.8, 4) is 11.8 Å². The van der Waals surface area contributed by atoms with Gasteiger partial charge < -0.3 is 9.47 Å². The Morgan fingerprint density at radius 2 is 0.867 bits per heavy atom. The molecule has 0 amide bonds. The van der Waals surface area contributed by atoms with E-state index >= 15 is 0 Å². The summed E-state index contributed by atoms with van der Waals surface area (Å²) in [7, 11) is 0. The molecular formula is C26H38O4. The average Bonchev–Trinajstić information content (AvgIpc) is 2.65. The molecule has 0 heterocycles. The normalized spacial score (nSPS) is 21.3. The van der Waals surface area contributed by atoms with Crippen LogP contribution in [0.25, 0.3) is 0 Å². The number of hydrogen-bond donors (Lipinski definition) is 0. The van der Waals surface area contributed by atoms with E-state index in [0.717, 1.165) is 51.4 Å². The lowest BCUT2D eigenvalue weighted by Crippen LogP contribution is -2.38. The second-order valence-corrected chi connectivity index (χ2v) is 9.11. The fourth-order valence-corrected chi connectivity index (χ4v) is 4.21. The summed E-state index contributed by atoms with van der Waals surface area (Å²) in [4.78, 5) is 24.9. The maximum atomic E-state index is 12.4. The number of rotatable bonds is 4. The van der Waals surface area contributed by atoms with E-state index in [-0.39, 0.29) is 0 Å². The van der Waals surface area contributed by atoms with Crippen LogP contribution in [0.4, 0.5) is 0 Å². The smallest absolute Gasteiger partial charge is 0.334 e. The lowest BCUT2D eigenvalue weighted by molar-refractivity contribution is -0.153. The Bertz CT molecular complexity index is 632. The first-order chi connectivity index (χ1) is 14.3. The number of carbonyl (C=O) groups excluding carboxylic acids is 2. The van der Waals surface area contributed by atoms with Gasteiger partial charge in [-0.3, -0.25) is 0 Å². The Morgan fingerprint density at radius 3 is 1.13 bits per heavy atom. The Kier molecular flexibility index (Phi) is 9.21. The summed E-state index contributed by atoms with van der Waals surface area (Å²) < 4.78 is 11.9. The zero-order chi connectivity index (χ0) is 22.0. The number of ether oxygens (including phenoxy) is 2. The number of esters is 2. The van der Waals surface area contributed by atoms with E-state index in [9.17, 15) is 9.59 Å². The molecule has 30 heavy (non-hydrogen) atoms. The second-order valence-electron chi connectivity index (χ2n) is 9.11. The van der Waals surface area contributed by atoms with Crippen LogP contribution in [0, 0.1) is 11.8 Å². The number of hydrogen-bond acceptors (Lipinski definition) is 4. The molecule has 0 radical (unpaired) electrons. The molecule has 0 saturated heterocycles. The molecule has 4 nitrogen and oxygen atoms in total. The molecule has 0 aliphatic heterocycles. The van der Waals surface area contributed by atoms with Crippen LogP contribution in [0.15, 0.2) is 24.3 Å². The fraction of sp³-hybridized carbons (Fsp3) is 0.692. The monoisotopic (exact) mass is 414 g/mol. The molecule has 0 aromatic carbocycles. The third-order valence-electron chi connectivity index (χ3n) is 6.11. The molecule has 0 unspecified atom stereocenters. The summed E-state index contributed by atoms with van der Waals surface area (Å²) in [5.74, 6) is 5.92. The van der Waals surface area contributed by atoms with Crippen molar-refractivity contribution in [2.45, 2.75) is 115 Å². The van der Waals surface area contributed by atoms with Crippen LogP contribution in [-0.4, -0.2) is 23.1 Å². The Labute approximate surface area is 182 Å². The molecule has 2 aliphatic carbocycles. The average molecular weight is 415 g/mol. The lowest BCUT2D eigenvalue weighted by atomic mass is 9.83. The van der Waals surface area contributed by atoms with Gasteiger partial charge in [-0.25, -0.2) is 9.59 Å². The van der Waals surface area contributed by atoms with E-state index in [1.54, 1.807) is 13.8 Å². The molecule has 0 N–H and O–H groups in total. The highest BCUT2D eigenvalue weighted by Gasteiger charge is 2.37. The van der Waals surface area contributed by atoms with E-state index in [0.29, 0.717) is 36.8 Å². The predicted molar refractivity (Wildman–Crippen MR) is 120 cm³/mol. The first-order valence-electron chi connectivity index (χ1n) is 11.6. The maximum Gasteiger partial charge on any atom is 0.334 e. The first kappa shape index (κ1) is 24.3. The SMILES string of the molecule is C=C(C)C(=O)OC1(C#CC2(OC(=O)C(=C)C)CCCCCCC2)CCCCCCC1. The molecule has 2 fully saturated rings. The highest BCUT2D eigenvalue weighted by Crippen LogP contribution is 2.33. The van der Waals surface area contributed by atoms with Gasteiger partial charge in [-0.15, -0.1) is 0 Å². The molecule has 0 spiro atoms. The summed E-state index contributed by atoms with van der Waals surface area (Å²) in [5.41, 5.74) is -0.900. The van der Waals surface area contributed by atoms with E-state index in [1.165, 1.54) is 12.8 Å². The van der Waals surface area contributed by atoms with Crippen molar-refractivity contribution in [1.82, 2.24) is 0 Å². The standard InChI is InChI=1S/C26H38O4/c1-21(2)23(27)29-25(15-11-7-5-8-12-16-25)19-20-26(30-24(28)22(3)4)17-13-9-6-10-14-18-26/h1,3,5-18H2,2,4H3.